The van der Waals surface area contributed by atoms with Crippen LogP contribution in [-0.4, -0.2) is 13.2 Å². The highest BCUT2D eigenvalue weighted by Gasteiger charge is 2.03. The van der Waals surface area contributed by atoms with Crippen LogP contribution in [0.4, 0.5) is 0 Å². The maximum absolute atomic E-state index is 5.84. The van der Waals surface area contributed by atoms with Gasteiger partial charge in [-0.15, -0.1) is 0 Å². The Kier molecular flexibility index (Phi) is 23.7. The molecule has 0 aliphatic carbocycles. The first-order valence-electron chi connectivity index (χ1n) is 13.4. The zero-order chi connectivity index (χ0) is 21.4. The lowest BCUT2D eigenvalue weighted by atomic mass is 9.98. The second kappa shape index (κ2) is 24.0. The minimum atomic E-state index is 0.827. The monoisotopic (exact) mass is 408 g/mol. The lowest BCUT2D eigenvalue weighted by Gasteiger charge is -2.12. The lowest BCUT2D eigenvalue weighted by molar-refractivity contribution is 0.116. The molecule has 0 aromatic carbocycles. The van der Waals surface area contributed by atoms with Gasteiger partial charge in [0.15, 0.2) is 0 Å². The highest BCUT2D eigenvalue weighted by molar-refractivity contribution is 4.81. The van der Waals surface area contributed by atoms with Crippen molar-refractivity contribution in [1.82, 2.24) is 0 Å². The third kappa shape index (κ3) is 25.7. The van der Waals surface area contributed by atoms with Crippen LogP contribution in [0.5, 0.6) is 0 Å². The normalized spacial score (nSPS) is 13.0. The summed E-state index contributed by atoms with van der Waals surface area (Å²) in [6.45, 7) is 11.3. The third-order valence-electron chi connectivity index (χ3n) is 6.03. The zero-order valence-corrected chi connectivity index (χ0v) is 20.9. The highest BCUT2D eigenvalue weighted by atomic mass is 16.5. The molecule has 1 nitrogen and oxygen atoms in total. The quantitative estimate of drug-likeness (QED) is 0.121. The number of hydrogen-bond donors (Lipinski definition) is 0. The Balaban J connectivity index is 3.15. The average Bonchev–Trinajstić information content (AvgIpc) is 2.69. The van der Waals surface area contributed by atoms with Crippen LogP contribution in [-0.2, 0) is 4.74 Å². The van der Waals surface area contributed by atoms with Crippen molar-refractivity contribution in [2.24, 2.45) is 11.8 Å². The predicted molar refractivity (Wildman–Crippen MR) is 133 cm³/mol. The molecule has 0 bridgehead atoms. The van der Waals surface area contributed by atoms with E-state index in [9.17, 15) is 0 Å². The van der Waals surface area contributed by atoms with Gasteiger partial charge in [0, 0.05) is 13.2 Å². The largest absolute Gasteiger partial charge is 0.381 e. The number of ether oxygens (including phenoxy) is 1. The Hall–Kier alpha value is -0.300. The van der Waals surface area contributed by atoms with E-state index in [4.69, 9.17) is 4.74 Å². The third-order valence-corrected chi connectivity index (χ3v) is 6.03. The first-order valence-corrected chi connectivity index (χ1v) is 13.4. The molecule has 0 aliphatic heterocycles. The van der Waals surface area contributed by atoms with Gasteiger partial charge >= 0.3 is 0 Å². The molecule has 0 rings (SSSR count). The molecule has 0 aromatic heterocycles. The van der Waals surface area contributed by atoms with Crippen LogP contribution in [0.1, 0.15) is 143 Å². The van der Waals surface area contributed by atoms with E-state index in [0.717, 1.165) is 25.0 Å². The van der Waals surface area contributed by atoms with Crippen molar-refractivity contribution in [3.8, 4) is 0 Å². The Bertz CT molecular complexity index is 320. The summed E-state index contributed by atoms with van der Waals surface area (Å²) in [6.07, 6.45) is 29.4. The van der Waals surface area contributed by atoms with E-state index in [0.29, 0.717) is 0 Å². The van der Waals surface area contributed by atoms with E-state index < -0.39 is 0 Å². The molecule has 0 saturated carbocycles. The number of hydrogen-bond acceptors (Lipinski definition) is 1. The predicted octanol–water partition coefficient (Wildman–Crippen LogP) is 9.89. The van der Waals surface area contributed by atoms with E-state index in [-0.39, 0.29) is 0 Å². The Labute approximate surface area is 185 Å². The van der Waals surface area contributed by atoms with Crippen molar-refractivity contribution in [1.29, 1.82) is 0 Å². The second-order valence-corrected chi connectivity index (χ2v) is 9.77. The van der Waals surface area contributed by atoms with Crippen LogP contribution < -0.4 is 0 Å². The van der Waals surface area contributed by atoms with Gasteiger partial charge in [-0.05, 0) is 50.4 Å². The molecule has 1 unspecified atom stereocenters. The van der Waals surface area contributed by atoms with Gasteiger partial charge in [0.1, 0.15) is 0 Å². The van der Waals surface area contributed by atoms with Gasteiger partial charge in [0.25, 0.3) is 0 Å². The van der Waals surface area contributed by atoms with E-state index in [2.05, 4.69) is 39.8 Å². The molecular formula is C28H56O. The fourth-order valence-corrected chi connectivity index (χ4v) is 3.86. The Morgan fingerprint density at radius 1 is 0.552 bits per heavy atom. The topological polar surface area (TPSA) is 9.23 Å². The van der Waals surface area contributed by atoms with Gasteiger partial charge in [0.05, 0.1) is 0 Å². The highest BCUT2D eigenvalue weighted by Crippen LogP contribution is 2.15. The van der Waals surface area contributed by atoms with Crippen LogP contribution in [0, 0.1) is 11.8 Å². The maximum atomic E-state index is 5.84. The summed E-state index contributed by atoms with van der Waals surface area (Å²) in [5, 5.41) is 0. The van der Waals surface area contributed by atoms with Gasteiger partial charge in [0.2, 0.25) is 0 Å². The van der Waals surface area contributed by atoms with Crippen LogP contribution in [0.15, 0.2) is 12.2 Å². The van der Waals surface area contributed by atoms with Crippen molar-refractivity contribution in [3.05, 3.63) is 12.2 Å². The first-order chi connectivity index (χ1) is 14.2. The summed E-state index contributed by atoms with van der Waals surface area (Å²) in [6, 6.07) is 0. The minimum Gasteiger partial charge on any atom is -0.381 e. The lowest BCUT2D eigenvalue weighted by Crippen LogP contribution is -2.04. The van der Waals surface area contributed by atoms with E-state index >= 15 is 0 Å². The summed E-state index contributed by atoms with van der Waals surface area (Å²) in [5.41, 5.74) is 0. The van der Waals surface area contributed by atoms with Gasteiger partial charge in [-0.1, -0.05) is 117 Å². The van der Waals surface area contributed by atoms with Crippen molar-refractivity contribution in [2.75, 3.05) is 13.2 Å². The molecule has 0 N–H and O–H groups in total. The first kappa shape index (κ1) is 28.7. The van der Waals surface area contributed by atoms with Crippen LogP contribution >= 0.6 is 0 Å². The van der Waals surface area contributed by atoms with Crippen LogP contribution in [0.3, 0.4) is 0 Å². The van der Waals surface area contributed by atoms with E-state index in [1.165, 1.54) is 116 Å². The molecule has 0 spiro atoms. The van der Waals surface area contributed by atoms with Crippen molar-refractivity contribution in [2.45, 2.75) is 143 Å². The van der Waals surface area contributed by atoms with E-state index in [1.807, 2.05) is 0 Å². The smallest absolute Gasteiger partial charge is 0.0468 e. The molecule has 0 saturated heterocycles. The van der Waals surface area contributed by atoms with Crippen molar-refractivity contribution < 1.29 is 4.74 Å². The molecule has 0 amide bonds. The standard InChI is InChI=1S/C28H56O/c1-5-6-7-8-9-10-11-12-13-14-15-16-17-18-19-20-25-29-26-24-28(4)23-21-22-27(2)3/h12-13,27-28H,5-11,14-26H2,1-4H3/b13-12-. The molecule has 0 fully saturated rings. The summed E-state index contributed by atoms with van der Waals surface area (Å²) in [5.74, 6) is 1.68. The Morgan fingerprint density at radius 2 is 1.10 bits per heavy atom. The molecule has 174 valence electrons. The molecule has 1 atom stereocenters. The summed E-state index contributed by atoms with van der Waals surface area (Å²) in [7, 11) is 0. The molecular weight excluding hydrogens is 352 g/mol. The fraction of sp³-hybridized carbons (Fsp3) is 0.929. The van der Waals surface area contributed by atoms with Crippen molar-refractivity contribution in [3.63, 3.8) is 0 Å². The van der Waals surface area contributed by atoms with Crippen LogP contribution in [0.25, 0.3) is 0 Å². The van der Waals surface area contributed by atoms with Crippen molar-refractivity contribution >= 4 is 0 Å². The molecule has 0 aliphatic rings. The van der Waals surface area contributed by atoms with Gasteiger partial charge in [-0.2, -0.15) is 0 Å². The molecule has 0 heterocycles. The van der Waals surface area contributed by atoms with Gasteiger partial charge in [-0.3, -0.25) is 0 Å². The van der Waals surface area contributed by atoms with E-state index in [1.54, 1.807) is 0 Å². The number of rotatable bonds is 23. The molecule has 1 heteroatoms. The molecule has 29 heavy (non-hydrogen) atoms. The second-order valence-electron chi connectivity index (χ2n) is 9.77. The molecule has 0 radical (unpaired) electrons. The summed E-state index contributed by atoms with van der Waals surface area (Å²) < 4.78 is 5.84. The average molecular weight is 409 g/mol. The summed E-state index contributed by atoms with van der Waals surface area (Å²) in [4.78, 5) is 0. The summed E-state index contributed by atoms with van der Waals surface area (Å²) >= 11 is 0. The van der Waals surface area contributed by atoms with Gasteiger partial charge < -0.3 is 4.74 Å². The Morgan fingerprint density at radius 3 is 1.69 bits per heavy atom. The fourth-order valence-electron chi connectivity index (χ4n) is 3.86. The maximum Gasteiger partial charge on any atom is 0.0468 e. The van der Waals surface area contributed by atoms with Gasteiger partial charge in [-0.25, -0.2) is 0 Å². The van der Waals surface area contributed by atoms with Crippen LogP contribution in [0.2, 0.25) is 0 Å². The number of allylic oxidation sites excluding steroid dienone is 2. The zero-order valence-electron chi connectivity index (χ0n) is 20.9. The number of unbranched alkanes of at least 4 members (excludes halogenated alkanes) is 12. The molecule has 0 aromatic rings. The SMILES string of the molecule is CCCCCCCC/C=C\CCCCCCCCOCCC(C)CCCC(C)C. The minimum absolute atomic E-state index is 0.827.